The number of rotatable bonds is 7. The summed E-state index contributed by atoms with van der Waals surface area (Å²) >= 11 is 17.3. The molecule has 0 bridgehead atoms. The zero-order chi connectivity index (χ0) is 31.1. The number of alkyl halides is 8. The van der Waals surface area contributed by atoms with E-state index in [1.807, 2.05) is 5.32 Å². The fourth-order valence-electron chi connectivity index (χ4n) is 3.93. The van der Waals surface area contributed by atoms with E-state index in [1.165, 1.54) is 0 Å². The van der Waals surface area contributed by atoms with E-state index in [1.54, 1.807) is 0 Å². The molecule has 0 heterocycles. The molecule has 1 aliphatic carbocycles. The molecule has 1 unspecified atom stereocenters. The largest absolute Gasteiger partial charge is 0.417 e. The summed E-state index contributed by atoms with van der Waals surface area (Å²) < 4.78 is 124. The third-order valence-electron chi connectivity index (χ3n) is 6.05. The monoisotopic (exact) mass is 654 g/mol. The lowest BCUT2D eigenvalue weighted by molar-refractivity contribution is -0.140. The summed E-state index contributed by atoms with van der Waals surface area (Å²) in [5.74, 6) is -9.71. The van der Waals surface area contributed by atoms with Crippen molar-refractivity contribution in [1.82, 2.24) is 10.6 Å². The Morgan fingerprint density at radius 1 is 1.00 bits per heavy atom. The van der Waals surface area contributed by atoms with Crippen molar-refractivity contribution in [3.05, 3.63) is 73.7 Å². The molecule has 0 saturated heterocycles. The smallest absolute Gasteiger partial charge is 0.351 e. The minimum Gasteiger partial charge on any atom is -0.351 e. The molecule has 0 aromatic heterocycles. The number of allylic oxidation sites excluding steroid dienone is 1. The second kappa shape index (κ2) is 11.9. The van der Waals surface area contributed by atoms with Crippen LogP contribution >= 0.6 is 34.8 Å². The molecule has 16 heteroatoms. The zero-order valence-electron chi connectivity index (χ0n) is 20.5. The van der Waals surface area contributed by atoms with E-state index in [0.29, 0.717) is 12.1 Å². The fraction of sp³-hybridized carbons (Fsp3) is 0.360. The summed E-state index contributed by atoms with van der Waals surface area (Å²) in [5.41, 5.74) is -4.35. The van der Waals surface area contributed by atoms with Gasteiger partial charge >= 0.3 is 12.4 Å². The van der Waals surface area contributed by atoms with Gasteiger partial charge in [0.25, 0.3) is 11.8 Å². The molecular formula is C25H18Cl3F9N2O2. The summed E-state index contributed by atoms with van der Waals surface area (Å²) in [5, 5.41) is 3.20. The molecule has 1 fully saturated rings. The first-order chi connectivity index (χ1) is 18.7. The van der Waals surface area contributed by atoms with Crippen LogP contribution in [0.5, 0.6) is 0 Å². The maximum atomic E-state index is 15.0. The molecule has 2 N–H and O–H groups in total. The Labute approximate surface area is 241 Å². The maximum absolute atomic E-state index is 15.0. The van der Waals surface area contributed by atoms with Crippen LogP contribution in [0.4, 0.5) is 39.5 Å². The Morgan fingerprint density at radius 2 is 1.56 bits per heavy atom. The van der Waals surface area contributed by atoms with Crippen LogP contribution in [0.15, 0.2) is 36.4 Å². The predicted octanol–water partition coefficient (Wildman–Crippen LogP) is 8.35. The molecule has 2 aromatic carbocycles. The fourth-order valence-corrected chi connectivity index (χ4v) is 4.54. The molecule has 41 heavy (non-hydrogen) atoms. The van der Waals surface area contributed by atoms with E-state index in [4.69, 9.17) is 34.8 Å². The number of halogens is 12. The highest BCUT2D eigenvalue weighted by atomic mass is 35.5. The zero-order valence-corrected chi connectivity index (χ0v) is 22.7. The number of nitrogens with one attached hydrogen (secondary N) is 2. The molecule has 2 atom stereocenters. The second-order valence-electron chi connectivity index (χ2n) is 9.26. The molecule has 4 nitrogen and oxygen atoms in total. The summed E-state index contributed by atoms with van der Waals surface area (Å²) in [6, 6.07) is 0.539. The van der Waals surface area contributed by atoms with Crippen molar-refractivity contribution in [3.63, 3.8) is 0 Å². The average molecular weight is 656 g/mol. The van der Waals surface area contributed by atoms with Crippen LogP contribution in [0, 0.1) is 0 Å². The lowest BCUT2D eigenvalue weighted by Gasteiger charge is -2.35. The van der Waals surface area contributed by atoms with Crippen molar-refractivity contribution < 1.29 is 49.1 Å². The van der Waals surface area contributed by atoms with Gasteiger partial charge in [0.1, 0.15) is 17.8 Å². The highest BCUT2D eigenvalue weighted by Gasteiger charge is 2.46. The minimum absolute atomic E-state index is 0.0154. The normalized spacial score (nSPS) is 17.4. The lowest BCUT2D eigenvalue weighted by atomic mass is 9.88. The van der Waals surface area contributed by atoms with Gasteiger partial charge in [-0.2, -0.15) is 26.3 Å². The summed E-state index contributed by atoms with van der Waals surface area (Å²) in [4.78, 5) is 24.7. The molecular weight excluding hydrogens is 638 g/mol. The number of hydrogen-bond acceptors (Lipinski definition) is 2. The third kappa shape index (κ3) is 8.01. The molecule has 2 aromatic rings. The van der Waals surface area contributed by atoms with Gasteiger partial charge in [0.15, 0.2) is 0 Å². The van der Waals surface area contributed by atoms with Crippen LogP contribution in [0.1, 0.15) is 52.7 Å². The van der Waals surface area contributed by atoms with Gasteiger partial charge in [0, 0.05) is 24.4 Å². The van der Waals surface area contributed by atoms with E-state index in [-0.39, 0.29) is 27.2 Å². The number of amides is 2. The van der Waals surface area contributed by atoms with Crippen LogP contribution in [-0.2, 0) is 11.0 Å². The molecule has 224 valence electrons. The van der Waals surface area contributed by atoms with Gasteiger partial charge in [-0.15, -0.1) is 0 Å². The number of carbonyl (C=O) groups excluding carboxylic acids is 2. The number of benzene rings is 2. The van der Waals surface area contributed by atoms with Crippen LogP contribution in [0.2, 0.25) is 15.1 Å². The third-order valence-corrected chi connectivity index (χ3v) is 7.25. The van der Waals surface area contributed by atoms with E-state index in [0.717, 1.165) is 19.1 Å². The van der Waals surface area contributed by atoms with Gasteiger partial charge in [-0.25, -0.2) is 13.2 Å². The van der Waals surface area contributed by atoms with Crippen LogP contribution < -0.4 is 10.6 Å². The SMILES string of the molecule is C[C@@H](NC(=O)c1ccc(/C(F)=C/C(c2cc(Cl)c(Cl)c(Cl)c2)C(F)(F)F)cc1C(F)(F)F)C(=O)NC1CC(F)(F)C1. The first-order valence-corrected chi connectivity index (χ1v) is 12.6. The quantitative estimate of drug-likeness (QED) is 0.233. The van der Waals surface area contributed by atoms with Gasteiger partial charge in [0.05, 0.1) is 26.2 Å². The standard InChI is InChI=1S/C25H18Cl3F9N2O2/c1-10(21(40)39-13-8-23(30,31)9-13)38-22(41)14-3-2-11(4-16(14)25(35,36)37)19(29)7-15(24(32,33)34)12-5-17(26)20(28)18(27)6-12/h2-7,10,13,15H,8-9H2,1H3,(H,38,41)(H,39,40)/b19-7-/t10-,15?/m1/s1. The first-order valence-electron chi connectivity index (χ1n) is 11.5. The van der Waals surface area contributed by atoms with Gasteiger partial charge in [-0.1, -0.05) is 40.9 Å². The Hall–Kier alpha value is -2.64. The molecule has 2 amide bonds. The average Bonchev–Trinajstić information content (AvgIpc) is 2.82. The van der Waals surface area contributed by atoms with Crippen molar-refractivity contribution in [1.29, 1.82) is 0 Å². The van der Waals surface area contributed by atoms with E-state index in [9.17, 15) is 44.7 Å². The lowest BCUT2D eigenvalue weighted by Crippen LogP contribution is -2.55. The van der Waals surface area contributed by atoms with E-state index >= 15 is 4.39 Å². The molecule has 3 rings (SSSR count). The molecule has 1 aliphatic rings. The van der Waals surface area contributed by atoms with E-state index < -0.39 is 89.0 Å². The van der Waals surface area contributed by atoms with Gasteiger partial charge < -0.3 is 10.6 Å². The van der Waals surface area contributed by atoms with Gasteiger partial charge in [0.2, 0.25) is 5.91 Å². The van der Waals surface area contributed by atoms with E-state index in [2.05, 4.69) is 5.32 Å². The molecule has 0 aliphatic heterocycles. The maximum Gasteiger partial charge on any atom is 0.417 e. The highest BCUT2D eigenvalue weighted by molar-refractivity contribution is 6.48. The first kappa shape index (κ1) is 32.9. The Bertz CT molecular complexity index is 1350. The number of carbonyl (C=O) groups is 2. The Morgan fingerprint density at radius 3 is 2.05 bits per heavy atom. The van der Waals surface area contributed by atoms with Crippen LogP contribution in [0.3, 0.4) is 0 Å². The summed E-state index contributed by atoms with van der Waals surface area (Å²) in [7, 11) is 0. The van der Waals surface area contributed by atoms with Crippen molar-refractivity contribution in [2.24, 2.45) is 0 Å². The van der Waals surface area contributed by atoms with Gasteiger partial charge in [-0.05, 0) is 42.8 Å². The van der Waals surface area contributed by atoms with Crippen molar-refractivity contribution in [2.75, 3.05) is 0 Å². The van der Waals surface area contributed by atoms with Crippen molar-refractivity contribution in [2.45, 2.75) is 56.0 Å². The minimum atomic E-state index is -5.27. The topological polar surface area (TPSA) is 58.2 Å². The second-order valence-corrected chi connectivity index (χ2v) is 10.4. The van der Waals surface area contributed by atoms with Crippen molar-refractivity contribution >= 4 is 52.4 Å². The van der Waals surface area contributed by atoms with Gasteiger partial charge in [-0.3, -0.25) is 9.59 Å². The van der Waals surface area contributed by atoms with Crippen molar-refractivity contribution in [3.8, 4) is 0 Å². The Balaban J connectivity index is 1.89. The summed E-state index contributed by atoms with van der Waals surface area (Å²) in [6.07, 6.45) is -11.7. The highest BCUT2D eigenvalue weighted by Crippen LogP contribution is 2.43. The molecule has 0 radical (unpaired) electrons. The van der Waals surface area contributed by atoms with Crippen LogP contribution in [0.25, 0.3) is 5.83 Å². The molecule has 1 saturated carbocycles. The number of hydrogen-bond donors (Lipinski definition) is 2. The summed E-state index contributed by atoms with van der Waals surface area (Å²) in [6.45, 7) is 1.10. The Kier molecular flexibility index (Phi) is 9.56. The molecule has 0 spiro atoms. The van der Waals surface area contributed by atoms with Crippen LogP contribution in [-0.4, -0.2) is 36.0 Å². The predicted molar refractivity (Wildman–Crippen MR) is 134 cm³/mol.